The van der Waals surface area contributed by atoms with Gasteiger partial charge in [0.05, 0.1) is 17.2 Å². The van der Waals surface area contributed by atoms with Crippen LogP contribution in [0.15, 0.2) is 36.7 Å². The van der Waals surface area contributed by atoms with Gasteiger partial charge in [0.1, 0.15) is 28.9 Å². The molecule has 2 aromatic carbocycles. The number of benzene rings is 2. The predicted octanol–water partition coefficient (Wildman–Crippen LogP) is 0.521. The van der Waals surface area contributed by atoms with E-state index in [0.717, 1.165) is 6.07 Å². The number of carboxylic acid groups (broad SMARTS) is 1. The van der Waals surface area contributed by atoms with Gasteiger partial charge in [-0.15, -0.1) is 0 Å². The number of imide groups is 1. The third kappa shape index (κ3) is 7.77. The molecule has 0 spiro atoms. The van der Waals surface area contributed by atoms with Gasteiger partial charge >= 0.3 is 30.9 Å². The van der Waals surface area contributed by atoms with Crippen LogP contribution in [0.1, 0.15) is 33.1 Å². The maximum absolute atomic E-state index is 14.6. The lowest BCUT2D eigenvalue weighted by atomic mass is 9.72. The first-order valence-corrected chi connectivity index (χ1v) is 15.8. The van der Waals surface area contributed by atoms with Gasteiger partial charge in [-0.25, -0.2) is 18.4 Å². The topological polar surface area (TPSA) is 242 Å². The number of piperazine rings is 1. The second-order valence-corrected chi connectivity index (χ2v) is 12.3. The molecule has 0 radical (unpaired) electrons. The number of pyridine rings is 1. The van der Waals surface area contributed by atoms with Crippen LogP contribution in [0.3, 0.4) is 0 Å². The van der Waals surface area contributed by atoms with Crippen LogP contribution in [-0.2, 0) is 27.3 Å². The Morgan fingerprint density at radius 2 is 1.83 bits per heavy atom. The molecular weight excluding hydrogens is 717 g/mol. The van der Waals surface area contributed by atoms with Gasteiger partial charge in [-0.1, -0.05) is 17.7 Å². The molecule has 3 heterocycles. The molecule has 0 aliphatic carbocycles. The number of likely N-dealkylation sites (N-methyl/N-ethyl adjacent to an activating group) is 1. The number of amides is 5. The van der Waals surface area contributed by atoms with E-state index in [1.807, 2.05) is 4.90 Å². The summed E-state index contributed by atoms with van der Waals surface area (Å²) in [4.78, 5) is 72.2. The number of nitrogens with zero attached hydrogens (tertiary/aromatic N) is 4. The Bertz CT molecular complexity index is 1960. The van der Waals surface area contributed by atoms with Crippen LogP contribution in [0, 0.1) is 11.6 Å². The quantitative estimate of drug-likeness (QED) is 0.0852. The van der Waals surface area contributed by atoms with Crippen molar-refractivity contribution >= 4 is 48.4 Å². The van der Waals surface area contributed by atoms with E-state index in [-0.39, 0.29) is 37.4 Å². The summed E-state index contributed by atoms with van der Waals surface area (Å²) in [7, 11) is -0.221. The summed E-state index contributed by atoms with van der Waals surface area (Å²) in [6.07, 6.45) is 2.51. The third-order valence-electron chi connectivity index (χ3n) is 8.33. The molecule has 274 valence electrons. The summed E-state index contributed by atoms with van der Waals surface area (Å²) >= 11 is 6.13. The van der Waals surface area contributed by atoms with Gasteiger partial charge in [-0.3, -0.25) is 24.3 Å². The summed E-state index contributed by atoms with van der Waals surface area (Å²) in [6, 6.07) is 0.715. The highest BCUT2D eigenvalue weighted by Gasteiger charge is 2.42. The smallest absolute Gasteiger partial charge is 0.534 e. The number of carbonyl (C=O) groups excluding carboxylic acids is 4. The van der Waals surface area contributed by atoms with Crippen molar-refractivity contribution in [1.29, 1.82) is 0 Å². The molecule has 0 saturated carbocycles. The van der Waals surface area contributed by atoms with Crippen LogP contribution in [0.2, 0.25) is 5.02 Å². The van der Waals surface area contributed by atoms with Crippen molar-refractivity contribution in [3.63, 3.8) is 0 Å². The number of halogens is 3. The number of urea groups is 1. The molecule has 21 heteroatoms. The van der Waals surface area contributed by atoms with Crippen LogP contribution < -0.4 is 15.3 Å². The average molecular weight is 747 g/mol. The fraction of sp³-hybridized carbons (Fsp3) is 0.290. The van der Waals surface area contributed by atoms with Gasteiger partial charge in [0.25, 0.3) is 0 Å². The molecule has 5 amide bonds. The molecule has 1 aromatic heterocycles. The number of aromatic hydroxyl groups is 3. The Kier molecular flexibility index (Phi) is 11.0. The monoisotopic (exact) mass is 746 g/mol. The van der Waals surface area contributed by atoms with Crippen molar-refractivity contribution in [1.82, 2.24) is 30.3 Å². The van der Waals surface area contributed by atoms with Gasteiger partial charge in [-0.2, -0.15) is 0 Å². The number of carbonyl (C=O) groups is 5. The summed E-state index contributed by atoms with van der Waals surface area (Å²) in [5.41, 5.74) is -0.689. The highest BCUT2D eigenvalue weighted by Crippen LogP contribution is 2.40. The first-order valence-electron chi connectivity index (χ1n) is 15.4. The molecule has 5 rings (SSSR count). The molecule has 2 atom stereocenters. The predicted molar refractivity (Wildman–Crippen MR) is 174 cm³/mol. The van der Waals surface area contributed by atoms with Crippen LogP contribution in [-0.4, -0.2) is 121 Å². The highest BCUT2D eigenvalue weighted by molar-refractivity contribution is 6.47. The van der Waals surface area contributed by atoms with Crippen molar-refractivity contribution in [3.05, 3.63) is 75.6 Å². The zero-order chi connectivity index (χ0) is 38.0. The Labute approximate surface area is 298 Å². The number of aromatic carboxylic acids is 1. The highest BCUT2D eigenvalue weighted by atomic mass is 35.5. The number of nitrogens with one attached hydrogen (secondary N) is 2. The van der Waals surface area contributed by atoms with E-state index >= 15 is 0 Å². The maximum atomic E-state index is 14.6. The summed E-state index contributed by atoms with van der Waals surface area (Å²) in [5.74, 6) is -12.1. The molecule has 0 bridgehead atoms. The lowest BCUT2D eigenvalue weighted by Gasteiger charge is -2.34. The van der Waals surface area contributed by atoms with Gasteiger partial charge in [0.2, 0.25) is 5.91 Å². The first-order chi connectivity index (χ1) is 24.6. The maximum Gasteiger partial charge on any atom is 0.547 e. The Hall–Kier alpha value is -5.73. The van der Waals surface area contributed by atoms with E-state index < -0.39 is 93.9 Å². The minimum Gasteiger partial charge on any atom is -0.534 e. The number of phenols is 2. The normalized spacial score (nSPS) is 16.3. The Balaban J connectivity index is 1.31. The molecule has 2 aliphatic heterocycles. The number of rotatable bonds is 10. The van der Waals surface area contributed by atoms with Crippen LogP contribution in [0.25, 0.3) is 0 Å². The molecule has 3 aromatic rings. The molecule has 7 N–H and O–H groups in total. The van der Waals surface area contributed by atoms with Crippen LogP contribution in [0.5, 0.6) is 23.0 Å². The molecule has 2 aliphatic rings. The Morgan fingerprint density at radius 1 is 1.10 bits per heavy atom. The van der Waals surface area contributed by atoms with Crippen molar-refractivity contribution in [2.45, 2.75) is 24.9 Å². The van der Waals surface area contributed by atoms with Gasteiger partial charge in [0.15, 0.2) is 17.3 Å². The molecule has 17 nitrogen and oxygen atoms in total. The zero-order valence-electron chi connectivity index (χ0n) is 27.0. The standard InChI is InChI=1S/C31H30BClF2N6O11/c1-39(13-14-8-16(42)12-36-11-14)4-5-40-6-7-41(29(47)28(40)46)31(50)38-23(17-10-19(35)24(43)25(44)22(17)33)27(45)37-20-9-15-2-3-18(34)21(30(48)49)26(15)52-32(20)51/h2-3,8,10-12,20,23,42-44,51H,4-7,9,13H2,1H3,(H,37,45)(H,38,50)(H,48,49). The summed E-state index contributed by atoms with van der Waals surface area (Å²) in [6.45, 7) is 0.318. The number of carboxylic acids is 1. The summed E-state index contributed by atoms with van der Waals surface area (Å²) < 4.78 is 34.0. The van der Waals surface area contributed by atoms with Crippen LogP contribution in [0.4, 0.5) is 13.6 Å². The van der Waals surface area contributed by atoms with Crippen molar-refractivity contribution in [2.75, 3.05) is 33.2 Å². The van der Waals surface area contributed by atoms with Gasteiger partial charge in [-0.05, 0) is 42.8 Å². The van der Waals surface area contributed by atoms with Crippen molar-refractivity contribution in [3.8, 4) is 23.0 Å². The lowest BCUT2D eigenvalue weighted by molar-refractivity contribution is -0.153. The number of hydrogen-bond donors (Lipinski definition) is 7. The number of phenolic OH excluding ortho intramolecular Hbond substituents is 2. The minimum atomic E-state index is -2.04. The zero-order valence-corrected chi connectivity index (χ0v) is 27.8. The molecule has 1 fully saturated rings. The second kappa shape index (κ2) is 15.3. The molecule has 1 saturated heterocycles. The lowest BCUT2D eigenvalue weighted by Crippen LogP contribution is -2.60. The molecular formula is C31H30BClF2N6O11. The van der Waals surface area contributed by atoms with Crippen molar-refractivity contribution < 1.29 is 62.9 Å². The van der Waals surface area contributed by atoms with Gasteiger partial charge in [0, 0.05) is 44.5 Å². The second-order valence-electron chi connectivity index (χ2n) is 11.9. The number of hydrogen-bond acceptors (Lipinski definition) is 12. The van der Waals surface area contributed by atoms with E-state index in [1.54, 1.807) is 13.2 Å². The average Bonchev–Trinajstić information content (AvgIpc) is 3.08. The SMILES string of the molecule is CN(CCN1CCN(C(=O)NC(C(=O)NC2Cc3ccc(F)c(C(=O)O)c3OB2O)c2cc(F)c(O)c(O)c2Cl)C(=O)C1=O)Cc1cncc(O)c1. The number of aromatic nitrogens is 1. The first kappa shape index (κ1) is 37.5. The third-order valence-corrected chi connectivity index (χ3v) is 8.72. The van der Waals surface area contributed by atoms with E-state index in [9.17, 15) is 58.2 Å². The Morgan fingerprint density at radius 3 is 2.52 bits per heavy atom. The van der Waals surface area contributed by atoms with E-state index in [4.69, 9.17) is 16.3 Å². The van der Waals surface area contributed by atoms with Crippen molar-refractivity contribution in [2.24, 2.45) is 0 Å². The van der Waals surface area contributed by atoms with Crippen LogP contribution >= 0.6 is 11.6 Å². The largest absolute Gasteiger partial charge is 0.547 e. The molecule has 2 unspecified atom stereocenters. The van der Waals surface area contributed by atoms with E-state index in [2.05, 4.69) is 15.6 Å². The fourth-order valence-electron chi connectivity index (χ4n) is 5.67. The molecule has 52 heavy (non-hydrogen) atoms. The van der Waals surface area contributed by atoms with E-state index in [0.29, 0.717) is 29.6 Å². The van der Waals surface area contributed by atoms with Gasteiger partial charge < -0.3 is 50.5 Å². The fourth-order valence-corrected chi connectivity index (χ4v) is 5.92. The number of fused-ring (bicyclic) bond motifs is 1. The van der Waals surface area contributed by atoms with E-state index in [1.165, 1.54) is 23.2 Å². The summed E-state index contributed by atoms with van der Waals surface area (Å²) in [5, 5.41) is 53.4. The minimum absolute atomic E-state index is 0.0179.